The number of nitriles is 1. The molecule has 21 heavy (non-hydrogen) atoms. The zero-order valence-electron chi connectivity index (χ0n) is 12.2. The smallest absolute Gasteiger partial charge is 0.326 e. The van der Waals surface area contributed by atoms with Crippen molar-refractivity contribution in [3.8, 4) is 6.07 Å². The number of nitrogens with zero attached hydrogens (tertiary/aromatic N) is 2. The molecule has 0 spiro atoms. The molecule has 5 heteroatoms. The Morgan fingerprint density at radius 3 is 2.76 bits per heavy atom. The molecule has 2 rings (SSSR count). The van der Waals surface area contributed by atoms with E-state index in [4.69, 9.17) is 5.26 Å². The fourth-order valence-corrected chi connectivity index (χ4v) is 2.97. The standard InChI is InChI=1S/C16H18N2O3/c1-16(2)7-4-8-18(13(16)15(20)21)14(19)12-6-3-5-11(9-12)10-17/h3,5-6,9,13H,4,7-8H2,1-2H3,(H,20,21). The monoisotopic (exact) mass is 286 g/mol. The van der Waals surface area contributed by atoms with E-state index < -0.39 is 17.4 Å². The normalized spacial score (nSPS) is 20.6. The van der Waals surface area contributed by atoms with Crippen LogP contribution in [0.4, 0.5) is 0 Å². The Morgan fingerprint density at radius 2 is 2.14 bits per heavy atom. The molecule has 1 aromatic carbocycles. The number of carboxylic acid groups (broad SMARTS) is 1. The number of piperidine rings is 1. The van der Waals surface area contributed by atoms with Gasteiger partial charge in [0.2, 0.25) is 0 Å². The molecule has 1 aliphatic heterocycles. The zero-order chi connectivity index (χ0) is 15.6. The number of aliphatic carboxylic acids is 1. The summed E-state index contributed by atoms with van der Waals surface area (Å²) in [4.78, 5) is 25.6. The number of amides is 1. The average molecular weight is 286 g/mol. The van der Waals surface area contributed by atoms with Gasteiger partial charge >= 0.3 is 5.97 Å². The van der Waals surface area contributed by atoms with Crippen molar-refractivity contribution in [2.24, 2.45) is 5.41 Å². The zero-order valence-corrected chi connectivity index (χ0v) is 12.2. The lowest BCUT2D eigenvalue weighted by molar-refractivity contribution is -0.148. The summed E-state index contributed by atoms with van der Waals surface area (Å²) in [5.74, 6) is -1.31. The third kappa shape index (κ3) is 2.89. The van der Waals surface area contributed by atoms with Crippen LogP contribution in [0.1, 0.15) is 42.6 Å². The van der Waals surface area contributed by atoms with Gasteiger partial charge in [0.1, 0.15) is 6.04 Å². The van der Waals surface area contributed by atoms with Crippen molar-refractivity contribution in [1.29, 1.82) is 5.26 Å². The molecule has 0 aromatic heterocycles. The second-order valence-electron chi connectivity index (χ2n) is 6.02. The summed E-state index contributed by atoms with van der Waals surface area (Å²) in [7, 11) is 0. The second-order valence-corrected chi connectivity index (χ2v) is 6.02. The van der Waals surface area contributed by atoms with Crippen LogP contribution < -0.4 is 0 Å². The van der Waals surface area contributed by atoms with Gasteiger partial charge in [-0.15, -0.1) is 0 Å². The molecular formula is C16H18N2O3. The molecule has 1 fully saturated rings. The topological polar surface area (TPSA) is 81.4 Å². The Morgan fingerprint density at radius 1 is 1.43 bits per heavy atom. The van der Waals surface area contributed by atoms with E-state index in [0.29, 0.717) is 17.7 Å². The summed E-state index contributed by atoms with van der Waals surface area (Å²) < 4.78 is 0. The molecule has 5 nitrogen and oxygen atoms in total. The molecule has 1 atom stereocenters. The van der Waals surface area contributed by atoms with Gasteiger partial charge in [0, 0.05) is 12.1 Å². The predicted octanol–water partition coefficient (Wildman–Crippen LogP) is 2.27. The molecule has 1 aliphatic rings. The number of carboxylic acids is 1. The molecule has 0 aliphatic carbocycles. The first-order chi connectivity index (χ1) is 9.86. The molecule has 1 aromatic rings. The summed E-state index contributed by atoms with van der Waals surface area (Å²) in [6.45, 7) is 4.17. The lowest BCUT2D eigenvalue weighted by atomic mass is 9.76. The number of rotatable bonds is 2. The van der Waals surface area contributed by atoms with E-state index in [-0.39, 0.29) is 5.91 Å². The Labute approximate surface area is 123 Å². The molecule has 0 radical (unpaired) electrons. The second kappa shape index (κ2) is 5.57. The quantitative estimate of drug-likeness (QED) is 0.904. The average Bonchev–Trinajstić information content (AvgIpc) is 2.44. The molecular weight excluding hydrogens is 268 g/mol. The molecule has 0 saturated carbocycles. The summed E-state index contributed by atoms with van der Waals surface area (Å²) in [5.41, 5.74) is 0.286. The van der Waals surface area contributed by atoms with Gasteiger partial charge in [0.05, 0.1) is 11.6 Å². The van der Waals surface area contributed by atoms with Crippen molar-refractivity contribution in [1.82, 2.24) is 4.90 Å². The maximum atomic E-state index is 12.6. The van der Waals surface area contributed by atoms with E-state index in [1.54, 1.807) is 18.2 Å². The number of likely N-dealkylation sites (tertiary alicyclic amines) is 1. The first kappa shape index (κ1) is 15.0. The van der Waals surface area contributed by atoms with E-state index in [1.165, 1.54) is 11.0 Å². The highest BCUT2D eigenvalue weighted by atomic mass is 16.4. The Bertz CT molecular complexity index is 616. The van der Waals surface area contributed by atoms with E-state index in [2.05, 4.69) is 0 Å². The molecule has 0 bridgehead atoms. The number of carbonyl (C=O) groups is 2. The summed E-state index contributed by atoms with van der Waals surface area (Å²) in [6, 6.07) is 7.52. The van der Waals surface area contributed by atoms with Crippen molar-refractivity contribution < 1.29 is 14.7 Å². The molecule has 1 saturated heterocycles. The first-order valence-corrected chi connectivity index (χ1v) is 6.91. The van der Waals surface area contributed by atoms with E-state index in [9.17, 15) is 14.7 Å². The van der Waals surface area contributed by atoms with Gasteiger partial charge in [-0.2, -0.15) is 5.26 Å². The van der Waals surface area contributed by atoms with E-state index in [0.717, 1.165) is 12.8 Å². The molecule has 1 unspecified atom stereocenters. The van der Waals surface area contributed by atoms with Crippen LogP contribution in [0.3, 0.4) is 0 Å². The third-order valence-corrected chi connectivity index (χ3v) is 4.01. The largest absolute Gasteiger partial charge is 0.480 e. The molecule has 1 N–H and O–H groups in total. The third-order valence-electron chi connectivity index (χ3n) is 4.01. The van der Waals surface area contributed by atoms with Crippen LogP contribution in [-0.2, 0) is 4.79 Å². The van der Waals surface area contributed by atoms with Crippen molar-refractivity contribution in [2.75, 3.05) is 6.54 Å². The Balaban J connectivity index is 2.36. The molecule has 110 valence electrons. The number of benzene rings is 1. The van der Waals surface area contributed by atoms with Crippen LogP contribution in [-0.4, -0.2) is 34.5 Å². The van der Waals surface area contributed by atoms with Crippen molar-refractivity contribution in [3.63, 3.8) is 0 Å². The first-order valence-electron chi connectivity index (χ1n) is 6.91. The van der Waals surface area contributed by atoms with Crippen molar-refractivity contribution in [3.05, 3.63) is 35.4 Å². The van der Waals surface area contributed by atoms with Crippen LogP contribution in [0.25, 0.3) is 0 Å². The lowest BCUT2D eigenvalue weighted by Crippen LogP contribution is -2.56. The highest BCUT2D eigenvalue weighted by Crippen LogP contribution is 2.36. The summed E-state index contributed by atoms with van der Waals surface area (Å²) in [5, 5.41) is 18.4. The maximum absolute atomic E-state index is 12.6. The minimum atomic E-state index is -0.982. The van der Waals surface area contributed by atoms with E-state index >= 15 is 0 Å². The predicted molar refractivity (Wildman–Crippen MR) is 76.6 cm³/mol. The van der Waals surface area contributed by atoms with Gasteiger partial charge in [-0.3, -0.25) is 4.79 Å². The number of hydrogen-bond donors (Lipinski definition) is 1. The van der Waals surface area contributed by atoms with Gasteiger partial charge in [-0.25, -0.2) is 4.79 Å². The van der Waals surface area contributed by atoms with Crippen molar-refractivity contribution >= 4 is 11.9 Å². The fraction of sp³-hybridized carbons (Fsp3) is 0.438. The molecule has 1 amide bonds. The summed E-state index contributed by atoms with van der Waals surface area (Å²) >= 11 is 0. The Kier molecular flexibility index (Phi) is 3.99. The SMILES string of the molecule is CC1(C)CCCN(C(=O)c2cccc(C#N)c2)C1C(=O)O. The van der Waals surface area contributed by atoms with Gasteiger partial charge in [-0.1, -0.05) is 19.9 Å². The van der Waals surface area contributed by atoms with Crippen LogP contribution in [0.15, 0.2) is 24.3 Å². The highest BCUT2D eigenvalue weighted by Gasteiger charge is 2.44. The van der Waals surface area contributed by atoms with Crippen molar-refractivity contribution in [2.45, 2.75) is 32.7 Å². The minimum Gasteiger partial charge on any atom is -0.480 e. The fourth-order valence-electron chi connectivity index (χ4n) is 2.97. The van der Waals surface area contributed by atoms with Crippen LogP contribution in [0.5, 0.6) is 0 Å². The maximum Gasteiger partial charge on any atom is 0.326 e. The Hall–Kier alpha value is -2.35. The van der Waals surface area contributed by atoms with Crippen LogP contribution in [0, 0.1) is 16.7 Å². The molecule has 1 heterocycles. The summed E-state index contributed by atoms with van der Waals surface area (Å²) in [6.07, 6.45) is 1.55. The van der Waals surface area contributed by atoms with E-state index in [1.807, 2.05) is 19.9 Å². The van der Waals surface area contributed by atoms with Gasteiger partial charge in [0.25, 0.3) is 5.91 Å². The van der Waals surface area contributed by atoms with Gasteiger partial charge in [-0.05, 0) is 36.5 Å². The lowest BCUT2D eigenvalue weighted by Gasteiger charge is -2.44. The minimum absolute atomic E-state index is 0.327. The van der Waals surface area contributed by atoms with Crippen LogP contribution >= 0.6 is 0 Å². The van der Waals surface area contributed by atoms with Gasteiger partial charge < -0.3 is 10.0 Å². The highest BCUT2D eigenvalue weighted by molar-refractivity contribution is 5.97. The van der Waals surface area contributed by atoms with Crippen LogP contribution in [0.2, 0.25) is 0 Å². The number of carbonyl (C=O) groups excluding carboxylic acids is 1. The number of hydrogen-bond acceptors (Lipinski definition) is 3. The van der Waals surface area contributed by atoms with Gasteiger partial charge in [0.15, 0.2) is 0 Å².